The molecule has 0 aliphatic carbocycles. The van der Waals surface area contributed by atoms with E-state index in [4.69, 9.17) is 18.9 Å². The lowest BCUT2D eigenvalue weighted by Crippen LogP contribution is -2.47. The van der Waals surface area contributed by atoms with E-state index in [1.807, 2.05) is 147 Å². The number of carbonyl (C=O) groups excluding carboxylic acids is 2. The number of ketones is 2. The van der Waals surface area contributed by atoms with Crippen LogP contribution in [-0.4, -0.2) is 35.1 Å². The quantitative estimate of drug-likeness (QED) is 0.0815. The molecule has 55 heavy (non-hydrogen) atoms. The third-order valence-corrected chi connectivity index (χ3v) is 9.01. The highest BCUT2D eigenvalue weighted by molar-refractivity contribution is 6.01. The number of rotatable bonds is 18. The van der Waals surface area contributed by atoms with E-state index in [-0.39, 0.29) is 24.7 Å². The first kappa shape index (κ1) is 38.5. The largest absolute Gasteiger partial charge is 0.489 e. The van der Waals surface area contributed by atoms with Crippen molar-refractivity contribution < 1.29 is 28.5 Å². The van der Waals surface area contributed by atoms with Crippen molar-refractivity contribution in [2.24, 2.45) is 0 Å². The Hall–Kier alpha value is -6.18. The van der Waals surface area contributed by atoms with Gasteiger partial charge in [-0.3, -0.25) is 14.5 Å². The van der Waals surface area contributed by atoms with Crippen LogP contribution in [0.25, 0.3) is 0 Å². The van der Waals surface area contributed by atoms with Crippen molar-refractivity contribution in [2.75, 3.05) is 13.1 Å². The maximum Gasteiger partial charge on any atom is 0.177 e. The van der Waals surface area contributed by atoms with Gasteiger partial charge in [0.25, 0.3) is 0 Å². The van der Waals surface area contributed by atoms with Gasteiger partial charge in [0, 0.05) is 28.8 Å². The Morgan fingerprint density at radius 1 is 0.418 bits per heavy atom. The first-order chi connectivity index (χ1) is 26.7. The number of ether oxygens (including phenoxy) is 4. The molecule has 0 aromatic heterocycles. The fourth-order valence-corrected chi connectivity index (χ4v) is 5.82. The van der Waals surface area contributed by atoms with Crippen LogP contribution >= 0.6 is 0 Å². The van der Waals surface area contributed by atoms with Gasteiger partial charge in [0.1, 0.15) is 49.4 Å². The Morgan fingerprint density at radius 3 is 0.909 bits per heavy atom. The highest BCUT2D eigenvalue weighted by atomic mass is 16.5. The Labute approximate surface area is 324 Å². The van der Waals surface area contributed by atoms with E-state index in [9.17, 15) is 9.59 Å². The molecule has 0 radical (unpaired) electrons. The van der Waals surface area contributed by atoms with Gasteiger partial charge in [0.05, 0.1) is 13.1 Å². The van der Waals surface area contributed by atoms with Crippen molar-refractivity contribution in [3.05, 3.63) is 191 Å². The first-order valence-electron chi connectivity index (χ1n) is 18.5. The highest BCUT2D eigenvalue weighted by Crippen LogP contribution is 2.28. The van der Waals surface area contributed by atoms with Crippen LogP contribution in [0.15, 0.2) is 158 Å². The summed E-state index contributed by atoms with van der Waals surface area (Å²) in [7, 11) is 0. The predicted molar refractivity (Wildman–Crippen MR) is 216 cm³/mol. The molecule has 0 aliphatic heterocycles. The molecule has 0 saturated carbocycles. The fourth-order valence-electron chi connectivity index (χ4n) is 5.82. The smallest absolute Gasteiger partial charge is 0.177 e. The Morgan fingerprint density at radius 2 is 0.673 bits per heavy atom. The van der Waals surface area contributed by atoms with Gasteiger partial charge < -0.3 is 18.9 Å². The molecule has 0 spiro atoms. The van der Waals surface area contributed by atoms with Crippen molar-refractivity contribution in [2.45, 2.75) is 52.7 Å². The van der Waals surface area contributed by atoms with E-state index in [2.05, 4.69) is 0 Å². The predicted octanol–water partition coefficient (Wildman–Crippen LogP) is 10.2. The molecule has 0 bridgehead atoms. The minimum Gasteiger partial charge on any atom is -0.489 e. The summed E-state index contributed by atoms with van der Waals surface area (Å²) in [6, 6.07) is 50.0. The summed E-state index contributed by atoms with van der Waals surface area (Å²) in [6.45, 7) is 7.33. The van der Waals surface area contributed by atoms with Crippen molar-refractivity contribution >= 4 is 11.6 Å². The number of Topliss-reactive ketones (excluding diaryl/α,β-unsaturated/α-hetero) is 2. The Bertz CT molecular complexity index is 1860. The van der Waals surface area contributed by atoms with Crippen molar-refractivity contribution in [3.63, 3.8) is 0 Å². The van der Waals surface area contributed by atoms with Gasteiger partial charge >= 0.3 is 0 Å². The summed E-state index contributed by atoms with van der Waals surface area (Å²) in [5, 5.41) is 0. The molecule has 0 unspecified atom stereocenters. The van der Waals surface area contributed by atoms with E-state index in [1.54, 1.807) is 36.4 Å². The topological polar surface area (TPSA) is 74.3 Å². The van der Waals surface area contributed by atoms with Crippen LogP contribution in [0.3, 0.4) is 0 Å². The third kappa shape index (κ3) is 11.9. The molecule has 0 amide bonds. The van der Waals surface area contributed by atoms with Gasteiger partial charge in [0.2, 0.25) is 0 Å². The molecule has 0 atom stereocenters. The molecule has 0 N–H and O–H groups in total. The monoisotopic (exact) mass is 733 g/mol. The number of hydrogen-bond donors (Lipinski definition) is 0. The van der Waals surface area contributed by atoms with Gasteiger partial charge in [-0.15, -0.1) is 0 Å². The van der Waals surface area contributed by atoms with Crippen LogP contribution in [-0.2, 0) is 26.4 Å². The summed E-state index contributed by atoms with van der Waals surface area (Å²) in [6.07, 6.45) is 0. The normalized spacial score (nSPS) is 11.2. The summed E-state index contributed by atoms with van der Waals surface area (Å²) in [4.78, 5) is 30.1. The van der Waals surface area contributed by atoms with Crippen LogP contribution in [0, 0.1) is 0 Å². The minimum atomic E-state index is -0.520. The highest BCUT2D eigenvalue weighted by Gasteiger charge is 2.28. The molecular formula is C48H47NO6. The second-order valence-corrected chi connectivity index (χ2v) is 14.4. The van der Waals surface area contributed by atoms with Crippen LogP contribution in [0.4, 0.5) is 0 Å². The standard InChI is InChI=1S/C48H47NO6/c1-48(2,3)49(30-46(50)40-24-42(52-32-36-16-8-4-9-17-36)28-43(25-40)53-33-37-18-10-5-11-19-37)31-47(51)41-26-44(54-34-38-20-12-6-13-21-38)29-45(27-41)55-35-39-22-14-7-15-23-39/h4-29H,30-35H2,1-3H3. The van der Waals surface area contributed by atoms with Crippen LogP contribution in [0.2, 0.25) is 0 Å². The third-order valence-electron chi connectivity index (χ3n) is 9.01. The van der Waals surface area contributed by atoms with E-state index in [1.165, 1.54) is 0 Å². The van der Waals surface area contributed by atoms with Gasteiger partial charge in [0.15, 0.2) is 11.6 Å². The van der Waals surface area contributed by atoms with Crippen molar-refractivity contribution in [3.8, 4) is 23.0 Å². The zero-order valence-corrected chi connectivity index (χ0v) is 31.7. The molecule has 0 saturated heterocycles. The zero-order chi connectivity index (χ0) is 38.5. The van der Waals surface area contributed by atoms with E-state index in [0.717, 1.165) is 22.3 Å². The van der Waals surface area contributed by atoms with E-state index >= 15 is 0 Å². The molecule has 6 aromatic rings. The molecule has 6 aromatic carbocycles. The maximum atomic E-state index is 14.1. The Balaban J connectivity index is 1.21. The number of nitrogens with zero attached hydrogens (tertiary/aromatic N) is 1. The lowest BCUT2D eigenvalue weighted by Gasteiger charge is -2.34. The molecule has 6 rings (SSSR count). The van der Waals surface area contributed by atoms with Crippen molar-refractivity contribution in [1.29, 1.82) is 0 Å². The van der Waals surface area contributed by atoms with Crippen LogP contribution in [0.1, 0.15) is 63.7 Å². The van der Waals surface area contributed by atoms with Crippen LogP contribution in [0.5, 0.6) is 23.0 Å². The minimum absolute atomic E-state index is 0.00291. The molecule has 0 fully saturated rings. The molecule has 0 heterocycles. The average Bonchev–Trinajstić information content (AvgIpc) is 3.21. The molecule has 7 heteroatoms. The van der Waals surface area contributed by atoms with E-state index < -0.39 is 5.54 Å². The second-order valence-electron chi connectivity index (χ2n) is 14.4. The average molecular weight is 734 g/mol. The summed E-state index contributed by atoms with van der Waals surface area (Å²) < 4.78 is 24.7. The lowest BCUT2D eigenvalue weighted by atomic mass is 10.0. The Kier molecular flexibility index (Phi) is 13.1. The number of benzene rings is 6. The number of carbonyl (C=O) groups is 2. The summed E-state index contributed by atoms with van der Waals surface area (Å²) in [5.74, 6) is 1.75. The van der Waals surface area contributed by atoms with Gasteiger partial charge in [-0.1, -0.05) is 121 Å². The maximum absolute atomic E-state index is 14.1. The van der Waals surface area contributed by atoms with Crippen LogP contribution < -0.4 is 18.9 Å². The molecule has 280 valence electrons. The van der Waals surface area contributed by atoms with Gasteiger partial charge in [-0.2, -0.15) is 0 Å². The molecule has 0 aliphatic rings. The summed E-state index contributed by atoms with van der Waals surface area (Å²) in [5.41, 5.74) is 4.37. The molecule has 7 nitrogen and oxygen atoms in total. The molecular weight excluding hydrogens is 687 g/mol. The number of hydrogen-bond acceptors (Lipinski definition) is 7. The summed E-state index contributed by atoms with van der Waals surface area (Å²) >= 11 is 0. The van der Waals surface area contributed by atoms with Gasteiger partial charge in [-0.05, 0) is 67.3 Å². The van der Waals surface area contributed by atoms with Gasteiger partial charge in [-0.25, -0.2) is 0 Å². The lowest BCUT2D eigenvalue weighted by molar-refractivity contribution is 0.0731. The second kappa shape index (κ2) is 18.7. The first-order valence-corrected chi connectivity index (χ1v) is 18.5. The van der Waals surface area contributed by atoms with E-state index in [0.29, 0.717) is 60.6 Å². The zero-order valence-electron chi connectivity index (χ0n) is 31.7. The van der Waals surface area contributed by atoms with Crippen molar-refractivity contribution in [1.82, 2.24) is 4.90 Å². The SMILES string of the molecule is CC(C)(C)N(CC(=O)c1cc(OCc2ccccc2)cc(OCc2ccccc2)c1)CC(=O)c1cc(OCc2ccccc2)cc(OCc2ccccc2)c1. The fraction of sp³-hybridized carbons (Fsp3) is 0.208.